The van der Waals surface area contributed by atoms with Crippen LogP contribution in [0, 0.1) is 0 Å². The number of hydrogen-bond donors (Lipinski definition) is 1. The van der Waals surface area contributed by atoms with E-state index in [1.54, 1.807) is 0 Å². The molecule has 0 fully saturated rings. The molecule has 0 saturated heterocycles. The first-order valence-electron chi connectivity index (χ1n) is 5.79. The first-order valence-corrected chi connectivity index (χ1v) is 5.79. The molecule has 0 atom stereocenters. The van der Waals surface area contributed by atoms with Crippen molar-refractivity contribution in [1.29, 1.82) is 0 Å². The molecule has 1 aromatic carbocycles. The van der Waals surface area contributed by atoms with E-state index in [0.717, 1.165) is 10.9 Å². The molecule has 4 nitrogen and oxygen atoms in total. The van der Waals surface area contributed by atoms with Crippen molar-refractivity contribution in [3.05, 3.63) is 60.4 Å². The standard InChI is InChI=1S/C15H10N2O2/c18-15(19)11-7-8-16-9-12(11)14-6-5-10-3-1-2-4-13(10)17-14/h1-9H,(H,18,19). The summed E-state index contributed by atoms with van der Waals surface area (Å²) in [6.45, 7) is 0. The van der Waals surface area contributed by atoms with Crippen LogP contribution in [0.15, 0.2) is 54.9 Å². The maximum atomic E-state index is 11.2. The molecule has 0 saturated carbocycles. The molecule has 0 aliphatic heterocycles. The van der Waals surface area contributed by atoms with Crippen LogP contribution in [0.2, 0.25) is 0 Å². The number of benzene rings is 1. The Labute approximate surface area is 109 Å². The number of carboxylic acid groups (broad SMARTS) is 1. The molecule has 0 unspecified atom stereocenters. The Kier molecular flexibility index (Phi) is 2.68. The Bertz CT molecular complexity index is 769. The van der Waals surface area contributed by atoms with Crippen molar-refractivity contribution in [3.8, 4) is 11.3 Å². The number of hydrogen-bond acceptors (Lipinski definition) is 3. The molecule has 1 N–H and O–H groups in total. The average molecular weight is 250 g/mol. The maximum absolute atomic E-state index is 11.2. The van der Waals surface area contributed by atoms with Gasteiger partial charge < -0.3 is 5.11 Å². The molecule has 3 rings (SSSR count). The largest absolute Gasteiger partial charge is 0.478 e. The summed E-state index contributed by atoms with van der Waals surface area (Å²) < 4.78 is 0. The minimum Gasteiger partial charge on any atom is -0.478 e. The van der Waals surface area contributed by atoms with Gasteiger partial charge in [-0.15, -0.1) is 0 Å². The number of para-hydroxylation sites is 1. The number of rotatable bonds is 2. The lowest BCUT2D eigenvalue weighted by molar-refractivity contribution is 0.0697. The third kappa shape index (κ3) is 2.04. The van der Waals surface area contributed by atoms with Crippen molar-refractivity contribution in [3.63, 3.8) is 0 Å². The van der Waals surface area contributed by atoms with E-state index in [9.17, 15) is 9.90 Å². The van der Waals surface area contributed by atoms with Crippen molar-refractivity contribution in [2.24, 2.45) is 0 Å². The monoisotopic (exact) mass is 250 g/mol. The van der Waals surface area contributed by atoms with Gasteiger partial charge in [0.2, 0.25) is 0 Å². The smallest absolute Gasteiger partial charge is 0.336 e. The van der Waals surface area contributed by atoms with Crippen LogP contribution in [0.1, 0.15) is 10.4 Å². The first kappa shape index (κ1) is 11.3. The predicted molar refractivity (Wildman–Crippen MR) is 71.9 cm³/mol. The van der Waals surface area contributed by atoms with Gasteiger partial charge in [0.25, 0.3) is 0 Å². The highest BCUT2D eigenvalue weighted by atomic mass is 16.4. The number of fused-ring (bicyclic) bond motifs is 1. The molecule has 2 heterocycles. The van der Waals surface area contributed by atoms with Gasteiger partial charge in [0.15, 0.2) is 0 Å². The summed E-state index contributed by atoms with van der Waals surface area (Å²) in [5.74, 6) is -0.979. The minimum atomic E-state index is -0.979. The Balaban J connectivity index is 2.22. The third-order valence-electron chi connectivity index (χ3n) is 2.93. The van der Waals surface area contributed by atoms with E-state index in [1.165, 1.54) is 18.5 Å². The second-order valence-electron chi connectivity index (χ2n) is 4.12. The second kappa shape index (κ2) is 4.49. The zero-order chi connectivity index (χ0) is 13.2. The van der Waals surface area contributed by atoms with Crippen molar-refractivity contribution in [1.82, 2.24) is 9.97 Å². The van der Waals surface area contributed by atoms with E-state index in [1.807, 2.05) is 36.4 Å². The van der Waals surface area contributed by atoms with E-state index in [0.29, 0.717) is 11.3 Å². The molecule has 0 aliphatic rings. The summed E-state index contributed by atoms with van der Waals surface area (Å²) in [5.41, 5.74) is 2.18. The van der Waals surface area contributed by atoms with E-state index in [4.69, 9.17) is 0 Å². The summed E-state index contributed by atoms with van der Waals surface area (Å²) in [6, 6.07) is 12.9. The Morgan fingerprint density at radius 3 is 2.74 bits per heavy atom. The summed E-state index contributed by atoms with van der Waals surface area (Å²) in [5, 5.41) is 10.2. The zero-order valence-electron chi connectivity index (χ0n) is 9.95. The normalized spacial score (nSPS) is 10.5. The average Bonchev–Trinajstić information content (AvgIpc) is 2.46. The summed E-state index contributed by atoms with van der Waals surface area (Å²) >= 11 is 0. The van der Waals surface area contributed by atoms with Crippen LogP contribution in [0.3, 0.4) is 0 Å². The van der Waals surface area contributed by atoms with Crippen LogP contribution < -0.4 is 0 Å². The molecule has 0 radical (unpaired) electrons. The molecular formula is C15H10N2O2. The molecule has 19 heavy (non-hydrogen) atoms. The van der Waals surface area contributed by atoms with Crippen molar-refractivity contribution in [2.45, 2.75) is 0 Å². The van der Waals surface area contributed by atoms with Crippen LogP contribution in [-0.4, -0.2) is 21.0 Å². The molecule has 4 heteroatoms. The molecule has 3 aromatic rings. The first-order chi connectivity index (χ1) is 9.25. The quantitative estimate of drug-likeness (QED) is 0.759. The lowest BCUT2D eigenvalue weighted by Gasteiger charge is -2.05. The molecule has 92 valence electrons. The van der Waals surface area contributed by atoms with Gasteiger partial charge in [0, 0.05) is 23.3 Å². The fraction of sp³-hybridized carbons (Fsp3) is 0. The maximum Gasteiger partial charge on any atom is 0.336 e. The Morgan fingerprint density at radius 1 is 1.05 bits per heavy atom. The minimum absolute atomic E-state index is 0.206. The van der Waals surface area contributed by atoms with Crippen LogP contribution in [0.5, 0.6) is 0 Å². The third-order valence-corrected chi connectivity index (χ3v) is 2.93. The number of aromatic carboxylic acids is 1. The SMILES string of the molecule is O=C(O)c1ccncc1-c1ccc2ccccc2n1. The fourth-order valence-corrected chi connectivity index (χ4v) is 2.00. The van der Waals surface area contributed by atoms with Crippen LogP contribution in [-0.2, 0) is 0 Å². The molecule has 0 amide bonds. The van der Waals surface area contributed by atoms with E-state index in [-0.39, 0.29) is 5.56 Å². The van der Waals surface area contributed by atoms with Gasteiger partial charge in [-0.05, 0) is 18.2 Å². The number of carbonyl (C=O) groups is 1. The highest BCUT2D eigenvalue weighted by Crippen LogP contribution is 2.23. The fourth-order valence-electron chi connectivity index (χ4n) is 2.00. The second-order valence-corrected chi connectivity index (χ2v) is 4.12. The highest BCUT2D eigenvalue weighted by Gasteiger charge is 2.12. The lowest BCUT2D eigenvalue weighted by Crippen LogP contribution is -2.00. The summed E-state index contributed by atoms with van der Waals surface area (Å²) in [7, 11) is 0. The number of nitrogens with zero attached hydrogens (tertiary/aromatic N) is 2. The van der Waals surface area contributed by atoms with Gasteiger partial charge in [0.05, 0.1) is 16.8 Å². The summed E-state index contributed by atoms with van der Waals surface area (Å²) in [6.07, 6.45) is 2.99. The van der Waals surface area contributed by atoms with Gasteiger partial charge in [-0.3, -0.25) is 4.98 Å². The van der Waals surface area contributed by atoms with E-state index >= 15 is 0 Å². The number of carboxylic acids is 1. The molecule has 0 aliphatic carbocycles. The van der Waals surface area contributed by atoms with Gasteiger partial charge in [-0.25, -0.2) is 9.78 Å². The van der Waals surface area contributed by atoms with Crippen LogP contribution in [0.25, 0.3) is 22.2 Å². The summed E-state index contributed by atoms with van der Waals surface area (Å²) in [4.78, 5) is 19.7. The predicted octanol–water partition coefficient (Wildman–Crippen LogP) is 3.00. The van der Waals surface area contributed by atoms with Gasteiger partial charge in [-0.1, -0.05) is 24.3 Å². The zero-order valence-corrected chi connectivity index (χ0v) is 9.95. The molecule has 0 spiro atoms. The van der Waals surface area contributed by atoms with Crippen molar-refractivity contribution >= 4 is 16.9 Å². The van der Waals surface area contributed by atoms with Gasteiger partial charge in [-0.2, -0.15) is 0 Å². The lowest BCUT2D eigenvalue weighted by atomic mass is 10.1. The Morgan fingerprint density at radius 2 is 1.89 bits per heavy atom. The van der Waals surface area contributed by atoms with Crippen LogP contribution >= 0.6 is 0 Å². The highest BCUT2D eigenvalue weighted by molar-refractivity contribution is 5.95. The molecule has 0 bridgehead atoms. The topological polar surface area (TPSA) is 63.1 Å². The van der Waals surface area contributed by atoms with E-state index in [2.05, 4.69) is 9.97 Å². The molecule has 2 aromatic heterocycles. The van der Waals surface area contributed by atoms with Crippen molar-refractivity contribution < 1.29 is 9.90 Å². The van der Waals surface area contributed by atoms with Crippen molar-refractivity contribution in [2.75, 3.05) is 0 Å². The Hall–Kier alpha value is -2.75. The van der Waals surface area contributed by atoms with Gasteiger partial charge >= 0.3 is 5.97 Å². The number of pyridine rings is 2. The van der Waals surface area contributed by atoms with Crippen LogP contribution in [0.4, 0.5) is 0 Å². The molecular weight excluding hydrogens is 240 g/mol. The number of aromatic nitrogens is 2. The van der Waals surface area contributed by atoms with E-state index < -0.39 is 5.97 Å². The van der Waals surface area contributed by atoms with Gasteiger partial charge in [0.1, 0.15) is 0 Å².